The minimum absolute atomic E-state index is 0.0676. The molecule has 2 aromatic rings. The molecular formula is C21H21ClF3NO9. The molecule has 0 spiro atoms. The summed E-state index contributed by atoms with van der Waals surface area (Å²) in [5, 5.41) is 11.0. The van der Waals surface area contributed by atoms with Gasteiger partial charge in [-0.3, -0.25) is 10.1 Å². The van der Waals surface area contributed by atoms with E-state index in [2.05, 4.69) is 0 Å². The number of ether oxygens (including phenoxy) is 6. The minimum Gasteiger partial charge on any atom is -0.459 e. The molecule has 0 heterocycles. The van der Waals surface area contributed by atoms with Crippen LogP contribution in [-0.4, -0.2) is 57.8 Å². The van der Waals surface area contributed by atoms with Crippen LogP contribution in [0.4, 0.5) is 18.9 Å². The Kier molecular flexibility index (Phi) is 10.5. The number of hydrogen-bond acceptors (Lipinski definition) is 9. The Bertz CT molecular complexity index is 1020. The van der Waals surface area contributed by atoms with E-state index in [-0.39, 0.29) is 29.7 Å². The van der Waals surface area contributed by atoms with Crippen LogP contribution in [0.5, 0.6) is 17.2 Å². The lowest BCUT2D eigenvalue weighted by molar-refractivity contribution is -0.386. The molecule has 2 aromatic carbocycles. The SMILES string of the molecule is COCCOCCOC(=O)C(OC)Oc1cc(Oc2ccc(C(F)(F)F)cc2Cl)ccc1[N+](=O)[O-]. The summed E-state index contributed by atoms with van der Waals surface area (Å²) in [7, 11) is 2.62. The maximum atomic E-state index is 12.8. The second-order valence-corrected chi connectivity index (χ2v) is 7.00. The van der Waals surface area contributed by atoms with Gasteiger partial charge in [0.2, 0.25) is 5.75 Å². The van der Waals surface area contributed by atoms with E-state index in [1.807, 2.05) is 0 Å². The largest absolute Gasteiger partial charge is 0.459 e. The number of nitro benzene ring substituents is 1. The van der Waals surface area contributed by atoms with E-state index in [1.165, 1.54) is 13.2 Å². The van der Waals surface area contributed by atoms with Crippen LogP contribution in [-0.2, 0) is 29.9 Å². The molecule has 0 radical (unpaired) electrons. The summed E-state index contributed by atoms with van der Waals surface area (Å²) in [4.78, 5) is 22.8. The van der Waals surface area contributed by atoms with E-state index in [0.717, 1.165) is 31.4 Å². The number of benzene rings is 2. The first kappa shape index (κ1) is 28.1. The van der Waals surface area contributed by atoms with Gasteiger partial charge in [0.05, 0.1) is 35.3 Å². The van der Waals surface area contributed by atoms with E-state index in [1.54, 1.807) is 0 Å². The third-order valence-electron chi connectivity index (χ3n) is 4.16. The van der Waals surface area contributed by atoms with Crippen molar-refractivity contribution < 1.29 is 51.3 Å². The number of halogens is 4. The Labute approximate surface area is 202 Å². The molecule has 35 heavy (non-hydrogen) atoms. The van der Waals surface area contributed by atoms with Gasteiger partial charge in [0.25, 0.3) is 6.29 Å². The first-order chi connectivity index (χ1) is 16.6. The molecule has 2 rings (SSSR count). The quantitative estimate of drug-likeness (QED) is 0.122. The summed E-state index contributed by atoms with van der Waals surface area (Å²) in [6, 6.07) is 5.69. The molecule has 0 aliphatic rings. The van der Waals surface area contributed by atoms with Crippen molar-refractivity contribution in [2.45, 2.75) is 12.5 Å². The van der Waals surface area contributed by atoms with Gasteiger partial charge in [-0.25, -0.2) is 4.79 Å². The lowest BCUT2D eigenvalue weighted by atomic mass is 10.2. The van der Waals surface area contributed by atoms with Gasteiger partial charge in [-0.15, -0.1) is 0 Å². The van der Waals surface area contributed by atoms with Gasteiger partial charge >= 0.3 is 17.8 Å². The number of methoxy groups -OCH3 is 2. The molecule has 0 saturated carbocycles. The summed E-state index contributed by atoms with van der Waals surface area (Å²) >= 11 is 5.88. The third kappa shape index (κ3) is 8.55. The van der Waals surface area contributed by atoms with Gasteiger partial charge in [-0.05, 0) is 24.3 Å². The molecule has 0 N–H and O–H groups in total. The first-order valence-corrected chi connectivity index (χ1v) is 10.2. The topological polar surface area (TPSA) is 116 Å². The smallest absolute Gasteiger partial charge is 0.416 e. The van der Waals surface area contributed by atoms with Crippen LogP contribution >= 0.6 is 11.6 Å². The summed E-state index contributed by atoms with van der Waals surface area (Å²) in [6.07, 6.45) is -6.27. The fourth-order valence-corrected chi connectivity index (χ4v) is 2.73. The number of carbonyl (C=O) groups is 1. The van der Waals surface area contributed by atoms with Gasteiger partial charge in [-0.2, -0.15) is 13.2 Å². The first-order valence-electron chi connectivity index (χ1n) is 9.82. The molecule has 0 bridgehead atoms. The Hall–Kier alpha value is -3.13. The van der Waals surface area contributed by atoms with Crippen molar-refractivity contribution >= 4 is 23.3 Å². The second kappa shape index (κ2) is 13.1. The van der Waals surface area contributed by atoms with E-state index >= 15 is 0 Å². The molecule has 0 aliphatic heterocycles. The Balaban J connectivity index is 2.15. The number of hydrogen-bond donors (Lipinski definition) is 0. The highest BCUT2D eigenvalue weighted by Crippen LogP contribution is 2.38. The third-order valence-corrected chi connectivity index (χ3v) is 4.45. The van der Waals surface area contributed by atoms with Gasteiger partial charge in [-0.1, -0.05) is 11.6 Å². The van der Waals surface area contributed by atoms with Crippen LogP contribution in [0.2, 0.25) is 5.02 Å². The van der Waals surface area contributed by atoms with Crippen LogP contribution in [0.3, 0.4) is 0 Å². The zero-order valence-corrected chi connectivity index (χ0v) is 19.3. The van der Waals surface area contributed by atoms with Gasteiger partial charge < -0.3 is 28.4 Å². The van der Waals surface area contributed by atoms with E-state index in [4.69, 9.17) is 40.0 Å². The molecular weight excluding hydrogens is 503 g/mol. The van der Waals surface area contributed by atoms with Crippen LogP contribution < -0.4 is 9.47 Å². The molecule has 14 heteroatoms. The normalized spacial score (nSPS) is 12.2. The minimum atomic E-state index is -4.60. The van der Waals surface area contributed by atoms with Gasteiger partial charge in [0, 0.05) is 26.4 Å². The molecule has 0 amide bonds. The molecule has 0 saturated heterocycles. The van der Waals surface area contributed by atoms with E-state index in [9.17, 15) is 28.1 Å². The zero-order chi connectivity index (χ0) is 26.0. The lowest BCUT2D eigenvalue weighted by Crippen LogP contribution is -2.32. The molecule has 1 unspecified atom stereocenters. The van der Waals surface area contributed by atoms with Crippen LogP contribution in [0.25, 0.3) is 0 Å². The molecule has 192 valence electrons. The predicted octanol–water partition coefficient (Wildman–Crippen LogP) is 4.62. The van der Waals surface area contributed by atoms with Crippen molar-refractivity contribution in [2.24, 2.45) is 0 Å². The molecule has 0 aliphatic carbocycles. The van der Waals surface area contributed by atoms with Crippen molar-refractivity contribution in [1.29, 1.82) is 0 Å². The second-order valence-electron chi connectivity index (χ2n) is 6.59. The summed E-state index contributed by atoms with van der Waals surface area (Å²) < 4.78 is 69.1. The Morgan fingerprint density at radius 1 is 1.06 bits per heavy atom. The standard InChI is InChI=1S/C21H21ClF3NO9/c1-30-7-8-32-9-10-33-19(27)20(31-2)35-18-12-14(4-5-16(18)26(28)29)34-17-6-3-13(11-15(17)22)21(23,24)25/h3-6,11-12,20H,7-10H2,1-2H3. The average molecular weight is 524 g/mol. The monoisotopic (exact) mass is 523 g/mol. The highest BCUT2D eigenvalue weighted by atomic mass is 35.5. The van der Waals surface area contributed by atoms with Crippen molar-refractivity contribution in [1.82, 2.24) is 0 Å². The van der Waals surface area contributed by atoms with Crippen molar-refractivity contribution in [3.05, 3.63) is 57.1 Å². The predicted molar refractivity (Wildman–Crippen MR) is 115 cm³/mol. The van der Waals surface area contributed by atoms with Crippen molar-refractivity contribution in [2.75, 3.05) is 40.6 Å². The van der Waals surface area contributed by atoms with Crippen LogP contribution in [0.1, 0.15) is 5.56 Å². The molecule has 10 nitrogen and oxygen atoms in total. The van der Waals surface area contributed by atoms with Crippen molar-refractivity contribution in [3.63, 3.8) is 0 Å². The number of carbonyl (C=O) groups excluding carboxylic acids is 1. The molecule has 0 aromatic heterocycles. The average Bonchev–Trinajstić information content (AvgIpc) is 2.80. The number of esters is 1. The number of alkyl halides is 3. The van der Waals surface area contributed by atoms with Gasteiger partial charge in [0.1, 0.15) is 18.1 Å². The molecule has 0 fully saturated rings. The maximum absolute atomic E-state index is 12.8. The summed E-state index contributed by atoms with van der Waals surface area (Å²) in [5.41, 5.74) is -1.51. The fourth-order valence-electron chi connectivity index (χ4n) is 2.51. The Morgan fingerprint density at radius 3 is 2.37 bits per heavy atom. The summed E-state index contributed by atoms with van der Waals surface area (Å²) in [5.74, 6) is -1.61. The number of rotatable bonds is 13. The van der Waals surface area contributed by atoms with Crippen LogP contribution in [0.15, 0.2) is 36.4 Å². The summed E-state index contributed by atoms with van der Waals surface area (Å²) in [6.45, 7) is 0.587. The zero-order valence-electron chi connectivity index (χ0n) is 18.5. The van der Waals surface area contributed by atoms with E-state index in [0.29, 0.717) is 19.3 Å². The number of nitrogens with zero attached hydrogens (tertiary/aromatic N) is 1. The Morgan fingerprint density at radius 2 is 1.77 bits per heavy atom. The highest BCUT2D eigenvalue weighted by molar-refractivity contribution is 6.32. The lowest BCUT2D eigenvalue weighted by Gasteiger charge is -2.17. The van der Waals surface area contributed by atoms with E-state index < -0.39 is 40.4 Å². The fraction of sp³-hybridized carbons (Fsp3) is 0.381. The molecule has 1 atom stereocenters. The highest BCUT2D eigenvalue weighted by Gasteiger charge is 2.31. The van der Waals surface area contributed by atoms with Crippen molar-refractivity contribution in [3.8, 4) is 17.2 Å². The van der Waals surface area contributed by atoms with Crippen LogP contribution in [0, 0.1) is 10.1 Å². The maximum Gasteiger partial charge on any atom is 0.416 e. The number of nitro groups is 1. The van der Waals surface area contributed by atoms with Gasteiger partial charge in [0.15, 0.2) is 0 Å².